The molecule has 6 atom stereocenters. The van der Waals surface area contributed by atoms with Gasteiger partial charge in [-0.3, -0.25) is 9.59 Å². The van der Waals surface area contributed by atoms with Gasteiger partial charge in [0.05, 0.1) is 58.4 Å². The number of aliphatic hydroxyl groups excluding tert-OH is 1. The van der Waals surface area contributed by atoms with E-state index in [1.807, 2.05) is 81.9 Å². The number of β-amino-alcohol motifs (C(OH)–C–C–N with tert-alkyl or cyclic N) is 1. The first kappa shape index (κ1) is 53.1. The van der Waals surface area contributed by atoms with Crippen LogP contribution in [0.5, 0.6) is 17.5 Å². The van der Waals surface area contributed by atoms with Crippen molar-refractivity contribution in [1.29, 1.82) is 0 Å². The lowest BCUT2D eigenvalue weighted by molar-refractivity contribution is -0.141. The number of ether oxygens (including phenoxy) is 3. The van der Waals surface area contributed by atoms with Crippen LogP contribution in [-0.2, 0) is 14.3 Å². The summed E-state index contributed by atoms with van der Waals surface area (Å²) in [5.74, 6) is 0.391. The molecule has 2 aromatic carbocycles. The summed E-state index contributed by atoms with van der Waals surface area (Å²) in [6.45, 7) is 12.6. The zero-order valence-corrected chi connectivity index (χ0v) is 45.6. The van der Waals surface area contributed by atoms with E-state index in [1.54, 1.807) is 29.5 Å². The number of phenolic OH excluding ortho intramolecular Hbond substituents is 1. The third-order valence-electron chi connectivity index (χ3n) is 16.3. The summed E-state index contributed by atoms with van der Waals surface area (Å²) in [6.07, 6.45) is 8.22. The third-order valence-corrected chi connectivity index (χ3v) is 17.3. The number of benzene rings is 2. The monoisotopic (exact) mass is 1080 g/mol. The number of para-hydroxylation sites is 1. The van der Waals surface area contributed by atoms with Crippen molar-refractivity contribution in [1.82, 2.24) is 40.4 Å². The zero-order chi connectivity index (χ0) is 54.0. The Bertz CT molecular complexity index is 3020. The molecule has 4 aliphatic heterocycles. The minimum atomic E-state index is -0.825. The number of hydrogen-bond donors (Lipinski definition) is 4. The number of likely N-dealkylation sites (tertiary alicyclic amines) is 2. The van der Waals surface area contributed by atoms with Crippen molar-refractivity contribution in [2.24, 2.45) is 5.92 Å². The van der Waals surface area contributed by atoms with Gasteiger partial charge in [-0.05, 0) is 92.4 Å². The number of hydrogen-bond acceptors (Lipinski definition) is 18. The number of phenols is 1. The molecule has 4 aromatic heterocycles. The largest absolute Gasteiger partial charge is 0.507 e. The van der Waals surface area contributed by atoms with Gasteiger partial charge >= 0.3 is 0 Å². The van der Waals surface area contributed by atoms with Crippen LogP contribution >= 0.6 is 11.3 Å². The summed E-state index contributed by atoms with van der Waals surface area (Å²) in [4.78, 5) is 46.8. The van der Waals surface area contributed by atoms with Crippen LogP contribution in [0.3, 0.4) is 0 Å². The Kier molecular flexibility index (Phi) is 15.8. The number of pyridine rings is 1. The average Bonchev–Trinajstić information content (AvgIpc) is 4.28. The Morgan fingerprint density at radius 1 is 0.885 bits per heavy atom. The number of anilines is 3. The number of aliphatic hydroxyl groups is 1. The second kappa shape index (κ2) is 23.2. The summed E-state index contributed by atoms with van der Waals surface area (Å²) >= 11 is 1.59. The summed E-state index contributed by atoms with van der Waals surface area (Å²) in [7, 11) is 0. The molecular formula is C58H71N11O8S. The van der Waals surface area contributed by atoms with E-state index in [2.05, 4.69) is 57.5 Å². The first-order valence-electron chi connectivity index (χ1n) is 27.7. The molecule has 2 unspecified atom stereocenters. The average molecular weight is 1080 g/mol. The molecule has 19 nitrogen and oxygen atoms in total. The number of nitrogens with two attached hydrogens (primary N) is 1. The van der Waals surface area contributed by atoms with Gasteiger partial charge in [-0.1, -0.05) is 50.2 Å². The Hall–Kier alpha value is -6.87. The second-order valence-corrected chi connectivity index (χ2v) is 22.9. The summed E-state index contributed by atoms with van der Waals surface area (Å²) in [5, 5.41) is 37.0. The molecule has 5 fully saturated rings. The number of rotatable bonds is 19. The molecule has 20 heteroatoms. The molecule has 412 valence electrons. The number of carbonyl (C=O) groups excluding carboxylic acids is 2. The van der Waals surface area contributed by atoms with Crippen LogP contribution in [0.2, 0.25) is 0 Å². The molecule has 4 saturated heterocycles. The number of nitrogens with one attached hydrogen (secondary N) is 1. The second-order valence-electron chi connectivity index (χ2n) is 22.1. The lowest BCUT2D eigenvalue weighted by Crippen LogP contribution is -2.54. The van der Waals surface area contributed by atoms with Crippen molar-refractivity contribution in [3.63, 3.8) is 0 Å². The molecule has 0 spiro atoms. The maximum atomic E-state index is 14.2. The number of thiazole rings is 1. The highest BCUT2D eigenvalue weighted by Gasteiger charge is 2.45. The van der Waals surface area contributed by atoms with Crippen LogP contribution in [0, 0.1) is 12.8 Å². The van der Waals surface area contributed by atoms with Crippen LogP contribution in [0.1, 0.15) is 101 Å². The number of aryl methyl sites for hydroxylation is 1. The number of carbonyl (C=O) groups is 2. The lowest BCUT2D eigenvalue weighted by Gasteiger charge is -2.43. The van der Waals surface area contributed by atoms with E-state index in [9.17, 15) is 19.8 Å². The van der Waals surface area contributed by atoms with Crippen LogP contribution in [-0.4, -0.2) is 146 Å². The quantitative estimate of drug-likeness (QED) is 0.0574. The van der Waals surface area contributed by atoms with E-state index in [1.165, 1.54) is 4.90 Å². The topological polar surface area (TPSA) is 231 Å². The van der Waals surface area contributed by atoms with Gasteiger partial charge in [-0.2, -0.15) is 0 Å². The van der Waals surface area contributed by atoms with E-state index in [0.717, 1.165) is 111 Å². The number of aromatic nitrogens is 5. The first-order chi connectivity index (χ1) is 37.8. The number of fused-ring (bicyclic) bond motifs is 2. The number of piperidine rings is 1. The van der Waals surface area contributed by atoms with Gasteiger partial charge in [0.15, 0.2) is 11.6 Å². The SMILES string of the molecule is Cc1ncsc1-c1ccc([C@H](C)NC(=O)[C@@H]2C[C@@H](O)CN2C(=O)[C@@H](c2cc(OCCCN3CCC(O[C@H]4C[C@H](Oc5cc(N6C7CCC6CN(c6cc(-c8ccccc8O)nnc6N)C7)ccn5)C4)CC3)no2)C(C)C)cc1. The zero-order valence-electron chi connectivity index (χ0n) is 44.8. The van der Waals surface area contributed by atoms with Gasteiger partial charge in [0, 0.05) is 100 Å². The first-order valence-corrected chi connectivity index (χ1v) is 28.5. The van der Waals surface area contributed by atoms with Crippen molar-refractivity contribution >= 4 is 40.3 Å². The highest BCUT2D eigenvalue weighted by atomic mass is 32.1. The van der Waals surface area contributed by atoms with Crippen molar-refractivity contribution in [2.45, 2.75) is 134 Å². The molecule has 1 saturated carbocycles. The van der Waals surface area contributed by atoms with E-state index in [-0.39, 0.29) is 60.8 Å². The van der Waals surface area contributed by atoms with Crippen LogP contribution in [0.25, 0.3) is 21.7 Å². The fourth-order valence-corrected chi connectivity index (χ4v) is 12.9. The maximum Gasteiger partial charge on any atom is 0.254 e. The molecule has 2 bridgehead atoms. The van der Waals surface area contributed by atoms with Crippen molar-refractivity contribution in [3.05, 3.63) is 102 Å². The maximum absolute atomic E-state index is 14.2. The Labute approximate surface area is 459 Å². The Balaban J connectivity index is 0.589. The van der Waals surface area contributed by atoms with E-state index in [0.29, 0.717) is 53.3 Å². The standard InChI is InChI=1S/C58H71N11O8S/c1-34(2)54(58(73)68-32-42(70)25-49(68)57(72)62-35(3)37-10-12-38(13-11-37)55-36(4)61-33-78-55)51-29-53(65-77-51)74-23-7-20-66-21-17-43(18-22-66)75-44-26-45(27-44)76-52-24-39(16-19-60-52)69-40-14-15-41(69)31-67(30-40)48-28-47(63-64-56(48)59)46-8-5-6-9-50(46)71/h5-6,8-13,16,19,24,28-29,33-35,40-45,49,54,70-71H,7,14-15,17-18,20-23,25-27,30-32H2,1-4H3,(H2,59,64)(H,62,72)/t35-,40?,41?,42+,44-,45-,49-,54+/m0/s1. The molecule has 1 aliphatic carbocycles. The van der Waals surface area contributed by atoms with Gasteiger partial charge in [-0.15, -0.1) is 21.5 Å². The van der Waals surface area contributed by atoms with E-state index >= 15 is 0 Å². The van der Waals surface area contributed by atoms with Crippen molar-refractivity contribution in [3.8, 4) is 39.2 Å². The van der Waals surface area contributed by atoms with Crippen molar-refractivity contribution < 1.29 is 38.5 Å². The van der Waals surface area contributed by atoms with Gasteiger partial charge in [0.1, 0.15) is 23.8 Å². The number of nitrogens with zero attached hydrogens (tertiary/aromatic N) is 9. The predicted molar refractivity (Wildman–Crippen MR) is 296 cm³/mol. The normalized spacial score (nSPS) is 23.3. The summed E-state index contributed by atoms with van der Waals surface area (Å²) < 4.78 is 24.7. The predicted octanol–water partition coefficient (Wildman–Crippen LogP) is 7.54. The molecule has 5 N–H and O–H groups in total. The molecule has 0 radical (unpaired) electrons. The van der Waals surface area contributed by atoms with E-state index in [4.69, 9.17) is 24.5 Å². The number of amides is 2. The fourth-order valence-electron chi connectivity index (χ4n) is 12.1. The summed E-state index contributed by atoms with van der Waals surface area (Å²) in [6, 6.07) is 22.4. The molecule has 6 aromatic rings. The number of aromatic hydroxyl groups is 1. The molecule has 5 aliphatic rings. The van der Waals surface area contributed by atoms with Gasteiger partial charge in [0.25, 0.3) is 5.88 Å². The molecule has 8 heterocycles. The third kappa shape index (κ3) is 11.6. The van der Waals surface area contributed by atoms with Crippen LogP contribution in [0.15, 0.2) is 89.0 Å². The molecular weight excluding hydrogens is 1010 g/mol. The highest BCUT2D eigenvalue weighted by molar-refractivity contribution is 7.13. The fraction of sp³-hybridized carbons (Fsp3) is 0.500. The van der Waals surface area contributed by atoms with Crippen molar-refractivity contribution in [2.75, 3.05) is 61.4 Å². The van der Waals surface area contributed by atoms with E-state index < -0.39 is 18.1 Å². The molecule has 2 amide bonds. The smallest absolute Gasteiger partial charge is 0.254 e. The minimum absolute atomic E-state index is 0.0565. The van der Waals surface area contributed by atoms with Crippen LogP contribution < -0.4 is 30.3 Å². The molecule has 11 rings (SSSR count). The molecule has 78 heavy (non-hydrogen) atoms. The van der Waals surface area contributed by atoms with Gasteiger partial charge in [0.2, 0.25) is 17.7 Å². The minimum Gasteiger partial charge on any atom is -0.507 e. The summed E-state index contributed by atoms with van der Waals surface area (Å²) in [5.41, 5.74) is 14.4. The van der Waals surface area contributed by atoms with Gasteiger partial charge in [-0.25, -0.2) is 9.97 Å². The lowest BCUT2D eigenvalue weighted by atomic mass is 9.91. The highest BCUT2D eigenvalue weighted by Crippen LogP contribution is 2.41. The number of piperazine rings is 1. The van der Waals surface area contributed by atoms with Crippen LogP contribution in [0.4, 0.5) is 17.2 Å². The van der Waals surface area contributed by atoms with Gasteiger partial charge < -0.3 is 59.6 Å². The Morgan fingerprint density at radius 3 is 2.38 bits per heavy atom. The Morgan fingerprint density at radius 2 is 1.65 bits per heavy atom. The number of nitrogen functional groups attached to an aromatic ring is 1.